The van der Waals surface area contributed by atoms with Gasteiger partial charge < -0.3 is 14.5 Å². The van der Waals surface area contributed by atoms with Crippen LogP contribution in [-0.4, -0.2) is 0 Å². The van der Waals surface area contributed by atoms with Gasteiger partial charge in [0.1, 0.15) is 11.5 Å². The van der Waals surface area contributed by atoms with E-state index in [2.05, 4.69) is 242 Å². The van der Waals surface area contributed by atoms with Gasteiger partial charge in [0.15, 0.2) is 0 Å². The summed E-state index contributed by atoms with van der Waals surface area (Å²) in [5.41, 5.74) is 16.5. The summed E-state index contributed by atoms with van der Waals surface area (Å²) in [5, 5.41) is 4.76. The Bertz CT molecular complexity index is 3350. The van der Waals surface area contributed by atoms with Gasteiger partial charge in [0.05, 0.1) is 0 Å². The first-order valence-corrected chi connectivity index (χ1v) is 21.4. The lowest BCUT2D eigenvalue weighted by Gasteiger charge is -2.29. The van der Waals surface area contributed by atoms with Crippen molar-refractivity contribution in [2.75, 3.05) is 9.80 Å². The van der Waals surface area contributed by atoms with Crippen LogP contribution in [0.3, 0.4) is 0 Å². The minimum absolute atomic E-state index is 0.104. The summed E-state index contributed by atoms with van der Waals surface area (Å²) < 4.78 is 6.90. The Morgan fingerprint density at radius 2 is 0.887 bits per heavy atom. The number of nitrogens with zero attached hydrogens (tertiary/aromatic N) is 2. The Kier molecular flexibility index (Phi) is 8.20. The summed E-state index contributed by atoms with van der Waals surface area (Å²) >= 11 is 0. The molecule has 12 rings (SSSR count). The van der Waals surface area contributed by atoms with Crippen molar-refractivity contribution < 1.29 is 4.74 Å². The van der Waals surface area contributed by atoms with Gasteiger partial charge in [-0.25, -0.2) is 0 Å². The van der Waals surface area contributed by atoms with Crippen LogP contribution < -0.4 is 14.5 Å². The lowest BCUT2D eigenvalue weighted by molar-refractivity contribution is 0.487. The summed E-state index contributed by atoms with van der Waals surface area (Å²) in [5.74, 6) is 1.72. The Hall–Kier alpha value is -7.88. The molecule has 3 heteroatoms. The van der Waals surface area contributed by atoms with Crippen molar-refractivity contribution in [1.29, 1.82) is 0 Å². The van der Waals surface area contributed by atoms with Crippen molar-refractivity contribution in [1.82, 2.24) is 0 Å². The number of hydrogen-bond acceptors (Lipinski definition) is 3. The van der Waals surface area contributed by atoms with E-state index in [0.29, 0.717) is 0 Å². The zero-order valence-electron chi connectivity index (χ0n) is 34.6. The summed E-state index contributed by atoms with van der Waals surface area (Å²) in [7, 11) is 0. The highest BCUT2D eigenvalue weighted by Crippen LogP contribution is 2.53. The molecule has 0 amide bonds. The third-order valence-electron chi connectivity index (χ3n) is 13.0. The topological polar surface area (TPSA) is 15.7 Å². The van der Waals surface area contributed by atoms with Crippen LogP contribution in [0.2, 0.25) is 0 Å². The number of benzene rings is 10. The van der Waals surface area contributed by atoms with Crippen LogP contribution in [0.15, 0.2) is 218 Å². The van der Waals surface area contributed by atoms with E-state index in [-0.39, 0.29) is 5.41 Å². The van der Waals surface area contributed by atoms with Crippen molar-refractivity contribution in [2.24, 2.45) is 0 Å². The highest BCUT2D eigenvalue weighted by Gasteiger charge is 2.36. The van der Waals surface area contributed by atoms with Crippen LogP contribution in [0.5, 0.6) is 11.5 Å². The molecule has 0 bridgehead atoms. The van der Waals surface area contributed by atoms with Gasteiger partial charge in [0.2, 0.25) is 0 Å². The number of rotatable bonds is 7. The number of ether oxygens (including phenoxy) is 1. The minimum atomic E-state index is -0.104. The molecule has 2 aliphatic rings. The Morgan fingerprint density at radius 3 is 1.66 bits per heavy atom. The van der Waals surface area contributed by atoms with Gasteiger partial charge in [-0.15, -0.1) is 0 Å². The lowest BCUT2D eigenvalue weighted by Crippen LogP contribution is -2.16. The molecule has 0 atom stereocenters. The quantitative estimate of drug-likeness (QED) is 0.160. The van der Waals surface area contributed by atoms with Gasteiger partial charge >= 0.3 is 0 Å². The van der Waals surface area contributed by atoms with Crippen LogP contribution in [0.1, 0.15) is 25.0 Å². The van der Waals surface area contributed by atoms with Gasteiger partial charge in [-0.2, -0.15) is 0 Å². The largest absolute Gasteiger partial charge is 0.456 e. The van der Waals surface area contributed by atoms with Crippen molar-refractivity contribution in [3.63, 3.8) is 0 Å². The van der Waals surface area contributed by atoms with E-state index in [1.807, 2.05) is 0 Å². The summed E-state index contributed by atoms with van der Waals surface area (Å²) in [4.78, 5) is 4.68. The van der Waals surface area contributed by atoms with E-state index in [1.54, 1.807) is 0 Å². The van der Waals surface area contributed by atoms with E-state index in [9.17, 15) is 0 Å². The SMILES string of the molecule is CC1(C)c2ccccc2-c2ccc(N(c3ccccc3)c3ccc4c(c3)Oc3cccc5c(-c6ccc(N(c7ccccc7)c7ccc8ccccc8c7)cc6)ccc-4c35)cc21. The molecule has 1 heterocycles. The standard InChI is InChI=1S/C59H42N2O/c1-59(2)54-22-12-11-20-49(54)50-32-30-46(37-55(50)59)61(43-18-7-4-8-19-43)47-31-33-51-53-35-34-48(52-21-13-23-56(58(52)53)62-57(51)38-47)40-25-27-44(28-26-40)60(42-16-5-3-6-17-42)45-29-24-39-14-9-10-15-41(39)36-45/h3-38H,1-2H3. The summed E-state index contributed by atoms with van der Waals surface area (Å²) in [6.07, 6.45) is 0. The maximum atomic E-state index is 6.90. The number of para-hydroxylation sites is 2. The maximum absolute atomic E-state index is 6.90. The molecule has 294 valence electrons. The fourth-order valence-electron chi connectivity index (χ4n) is 10.00. The molecule has 0 radical (unpaired) electrons. The zero-order chi connectivity index (χ0) is 41.4. The van der Waals surface area contributed by atoms with Crippen LogP contribution in [0.4, 0.5) is 34.1 Å². The normalized spacial score (nSPS) is 12.9. The second kappa shape index (κ2) is 14.1. The fraction of sp³-hybridized carbons (Fsp3) is 0.0508. The van der Waals surface area contributed by atoms with Crippen molar-refractivity contribution in [2.45, 2.75) is 19.3 Å². The third-order valence-corrected chi connectivity index (χ3v) is 13.0. The van der Waals surface area contributed by atoms with Crippen molar-refractivity contribution in [3.8, 4) is 44.9 Å². The van der Waals surface area contributed by atoms with Crippen LogP contribution >= 0.6 is 0 Å². The minimum Gasteiger partial charge on any atom is -0.456 e. The van der Waals surface area contributed by atoms with E-state index in [1.165, 1.54) is 49.5 Å². The fourth-order valence-corrected chi connectivity index (χ4v) is 10.00. The molecule has 10 aromatic rings. The molecule has 1 aliphatic carbocycles. The first-order chi connectivity index (χ1) is 30.5. The molecule has 0 spiro atoms. The van der Waals surface area contributed by atoms with Crippen LogP contribution in [0, 0.1) is 0 Å². The lowest BCUT2D eigenvalue weighted by atomic mass is 9.82. The second-order valence-corrected chi connectivity index (χ2v) is 16.9. The van der Waals surface area contributed by atoms with Gasteiger partial charge in [0.25, 0.3) is 0 Å². The molecule has 0 saturated carbocycles. The third kappa shape index (κ3) is 5.73. The van der Waals surface area contributed by atoms with E-state index >= 15 is 0 Å². The molecule has 1 aliphatic heterocycles. The smallest absolute Gasteiger partial charge is 0.137 e. The van der Waals surface area contributed by atoms with E-state index in [0.717, 1.165) is 62.1 Å². The molecule has 0 saturated heterocycles. The van der Waals surface area contributed by atoms with Crippen LogP contribution in [0.25, 0.3) is 54.9 Å². The second-order valence-electron chi connectivity index (χ2n) is 16.9. The highest BCUT2D eigenvalue weighted by molar-refractivity contribution is 6.10. The van der Waals surface area contributed by atoms with E-state index in [4.69, 9.17) is 4.74 Å². The average Bonchev–Trinajstić information content (AvgIpc) is 3.55. The highest BCUT2D eigenvalue weighted by atomic mass is 16.5. The molecule has 0 fully saturated rings. The number of fused-ring (bicyclic) bond motifs is 6. The van der Waals surface area contributed by atoms with Crippen molar-refractivity contribution in [3.05, 3.63) is 230 Å². The Balaban J connectivity index is 0.914. The molecule has 0 N–H and O–H groups in total. The molecule has 10 aromatic carbocycles. The molecule has 3 nitrogen and oxygen atoms in total. The Morgan fingerprint density at radius 1 is 0.339 bits per heavy atom. The molecular formula is C59H42N2O. The van der Waals surface area contributed by atoms with Gasteiger partial charge in [-0.05, 0) is 134 Å². The number of anilines is 6. The van der Waals surface area contributed by atoms with Crippen molar-refractivity contribution >= 4 is 55.7 Å². The maximum Gasteiger partial charge on any atom is 0.137 e. The van der Waals surface area contributed by atoms with Gasteiger partial charge in [0, 0.05) is 56.6 Å². The Labute approximate surface area is 362 Å². The van der Waals surface area contributed by atoms with Crippen LogP contribution in [-0.2, 0) is 5.41 Å². The summed E-state index contributed by atoms with van der Waals surface area (Å²) in [6, 6.07) is 78.9. The molecule has 62 heavy (non-hydrogen) atoms. The molecule has 0 aromatic heterocycles. The number of hydrogen-bond donors (Lipinski definition) is 0. The predicted molar refractivity (Wildman–Crippen MR) is 259 cm³/mol. The average molecular weight is 795 g/mol. The zero-order valence-corrected chi connectivity index (χ0v) is 34.6. The van der Waals surface area contributed by atoms with Gasteiger partial charge in [-0.3, -0.25) is 0 Å². The molecule has 0 unspecified atom stereocenters. The first kappa shape index (κ1) is 36.0. The first-order valence-electron chi connectivity index (χ1n) is 21.4. The monoisotopic (exact) mass is 794 g/mol. The summed E-state index contributed by atoms with van der Waals surface area (Å²) in [6.45, 7) is 4.68. The molecular weight excluding hydrogens is 753 g/mol. The van der Waals surface area contributed by atoms with Gasteiger partial charge in [-0.1, -0.05) is 147 Å². The predicted octanol–water partition coefficient (Wildman–Crippen LogP) is 16.7. The van der Waals surface area contributed by atoms with E-state index < -0.39 is 0 Å².